The van der Waals surface area contributed by atoms with E-state index in [4.69, 9.17) is 0 Å². The number of hydrogen-bond donors (Lipinski definition) is 0. The minimum absolute atomic E-state index is 0. The average Bonchev–Trinajstić information content (AvgIpc) is 2.78. The molecule has 0 bridgehead atoms. The van der Waals surface area contributed by atoms with Crippen molar-refractivity contribution in [3.8, 4) is 22.5 Å². The normalized spacial score (nSPS) is 10.7. The molecule has 0 saturated carbocycles. The maximum absolute atomic E-state index is 14.5. The summed E-state index contributed by atoms with van der Waals surface area (Å²) in [6.45, 7) is 0. The van der Waals surface area contributed by atoms with Gasteiger partial charge in [-0.1, -0.05) is 35.4 Å². The van der Waals surface area contributed by atoms with Crippen LogP contribution in [0, 0.1) is 35.4 Å². The largest absolute Gasteiger partial charge is 2.00 e. The summed E-state index contributed by atoms with van der Waals surface area (Å²) in [5.74, 6) is -2.98. The minimum Gasteiger partial charge on any atom is -0.378 e. The Morgan fingerprint density at radius 2 is 1.03 bits per heavy atom. The summed E-state index contributed by atoms with van der Waals surface area (Å²) in [6, 6.07) is 16.0. The summed E-state index contributed by atoms with van der Waals surface area (Å²) in [5.41, 5.74) is 3.34. The number of pyridine rings is 2. The zero-order chi connectivity index (χ0) is 25.3. The number of nitrogens with zero attached hydrogens (tertiary/aromatic N) is 4. The second-order valence-corrected chi connectivity index (χ2v) is 8.45. The number of halogens is 4. The molecule has 36 heavy (non-hydrogen) atoms. The first kappa shape index (κ1) is 27.3. The molecule has 2 aromatic carbocycles. The molecule has 4 rings (SSSR count). The first-order chi connectivity index (χ1) is 16.6. The van der Waals surface area contributed by atoms with Crippen molar-refractivity contribution >= 4 is 11.4 Å². The Kier molecular flexibility index (Phi) is 8.51. The van der Waals surface area contributed by atoms with Gasteiger partial charge in [-0.2, -0.15) is 0 Å². The van der Waals surface area contributed by atoms with Gasteiger partial charge in [0.2, 0.25) is 0 Å². The van der Waals surface area contributed by atoms with Crippen LogP contribution in [0.5, 0.6) is 0 Å². The molecule has 4 nitrogen and oxygen atoms in total. The Bertz CT molecular complexity index is 1290. The molecule has 0 aliphatic carbocycles. The molecule has 0 N–H and O–H groups in total. The van der Waals surface area contributed by atoms with E-state index in [1.807, 2.05) is 50.1 Å². The summed E-state index contributed by atoms with van der Waals surface area (Å²) < 4.78 is 55.7. The van der Waals surface area contributed by atoms with Crippen LogP contribution in [0.4, 0.5) is 28.9 Å². The van der Waals surface area contributed by atoms with Gasteiger partial charge < -0.3 is 19.8 Å². The summed E-state index contributed by atoms with van der Waals surface area (Å²) in [4.78, 5) is 12.8. The zero-order valence-electron chi connectivity index (χ0n) is 19.9. The number of anilines is 2. The number of hydrogen-bond acceptors (Lipinski definition) is 4. The van der Waals surface area contributed by atoms with E-state index in [0.717, 1.165) is 35.6 Å². The Morgan fingerprint density at radius 3 is 1.36 bits per heavy atom. The van der Waals surface area contributed by atoms with E-state index in [1.165, 1.54) is 0 Å². The van der Waals surface area contributed by atoms with Crippen molar-refractivity contribution in [2.75, 3.05) is 38.0 Å². The smallest absolute Gasteiger partial charge is 0.378 e. The van der Waals surface area contributed by atoms with Crippen LogP contribution >= 0.6 is 0 Å². The fourth-order valence-electron chi connectivity index (χ4n) is 3.57. The predicted molar refractivity (Wildman–Crippen MR) is 128 cm³/mol. The monoisotopic (exact) mass is 673 g/mol. The topological polar surface area (TPSA) is 32.3 Å². The van der Waals surface area contributed by atoms with Gasteiger partial charge in [0.1, 0.15) is 0 Å². The average molecular weight is 674 g/mol. The molecule has 0 aliphatic rings. The van der Waals surface area contributed by atoms with Crippen LogP contribution in [0.15, 0.2) is 48.5 Å². The van der Waals surface area contributed by atoms with E-state index in [-0.39, 0.29) is 38.6 Å². The Morgan fingerprint density at radius 1 is 0.639 bits per heavy atom. The van der Waals surface area contributed by atoms with Crippen molar-refractivity contribution < 1.29 is 38.6 Å². The van der Waals surface area contributed by atoms with Gasteiger partial charge in [0.15, 0.2) is 0 Å². The van der Waals surface area contributed by atoms with Crippen LogP contribution in [0.2, 0.25) is 0 Å². The van der Waals surface area contributed by atoms with Crippen LogP contribution in [-0.4, -0.2) is 38.2 Å². The molecule has 9 heteroatoms. The maximum Gasteiger partial charge on any atom is 2.00 e. The van der Waals surface area contributed by atoms with E-state index in [0.29, 0.717) is 22.8 Å². The SMILES string of the molecule is CN(C)c1cc(Cc2cc(N(C)C)cc(-c3[c-]cc(F)cc3F)n2)nc(-c2[c-]cc(F)cc2F)c1.[Pt+2]. The molecule has 2 aromatic heterocycles. The third-order valence-electron chi connectivity index (χ3n) is 5.35. The fraction of sp³-hybridized carbons (Fsp3) is 0.185. The van der Waals surface area contributed by atoms with Crippen LogP contribution in [0.1, 0.15) is 11.4 Å². The van der Waals surface area contributed by atoms with E-state index >= 15 is 0 Å². The van der Waals surface area contributed by atoms with Gasteiger partial charge in [0.05, 0.1) is 0 Å². The van der Waals surface area contributed by atoms with Gasteiger partial charge in [0, 0.05) is 80.6 Å². The van der Waals surface area contributed by atoms with Crippen molar-refractivity contribution in [1.82, 2.24) is 9.97 Å². The maximum atomic E-state index is 14.5. The third-order valence-corrected chi connectivity index (χ3v) is 5.35. The van der Waals surface area contributed by atoms with Gasteiger partial charge in [-0.25, -0.2) is 0 Å². The first-order valence-electron chi connectivity index (χ1n) is 10.7. The molecule has 0 unspecified atom stereocenters. The molecule has 0 spiro atoms. The van der Waals surface area contributed by atoms with E-state index < -0.39 is 23.3 Å². The zero-order valence-corrected chi connectivity index (χ0v) is 22.2. The molecule has 0 aliphatic heterocycles. The number of rotatable bonds is 6. The first-order valence-corrected chi connectivity index (χ1v) is 10.7. The van der Waals surface area contributed by atoms with Crippen molar-refractivity contribution in [3.63, 3.8) is 0 Å². The summed E-state index contributed by atoms with van der Waals surface area (Å²) >= 11 is 0. The summed E-state index contributed by atoms with van der Waals surface area (Å²) in [6.07, 6.45) is 0.245. The van der Waals surface area contributed by atoms with Crippen LogP contribution in [-0.2, 0) is 27.5 Å². The van der Waals surface area contributed by atoms with Crippen LogP contribution in [0.3, 0.4) is 0 Å². The molecule has 0 atom stereocenters. The molecular weight excluding hydrogens is 651 g/mol. The number of benzene rings is 2. The van der Waals surface area contributed by atoms with E-state index in [1.54, 1.807) is 12.1 Å². The van der Waals surface area contributed by atoms with Gasteiger partial charge in [-0.05, 0) is 23.5 Å². The van der Waals surface area contributed by atoms with Crippen molar-refractivity contribution in [3.05, 3.63) is 95.3 Å². The fourth-order valence-corrected chi connectivity index (χ4v) is 3.57. The van der Waals surface area contributed by atoms with Gasteiger partial charge in [-0.15, -0.1) is 24.3 Å². The van der Waals surface area contributed by atoms with Crippen molar-refractivity contribution in [2.45, 2.75) is 6.42 Å². The Balaban J connectivity index is 0.00000361. The quantitative estimate of drug-likeness (QED) is 0.195. The van der Waals surface area contributed by atoms with E-state index in [9.17, 15) is 17.6 Å². The van der Waals surface area contributed by atoms with E-state index in [2.05, 4.69) is 22.1 Å². The second kappa shape index (κ2) is 11.2. The predicted octanol–water partition coefficient (Wildman–Crippen LogP) is 5.69. The molecule has 0 radical (unpaired) electrons. The second-order valence-electron chi connectivity index (χ2n) is 8.45. The Hall–Kier alpha value is -3.25. The van der Waals surface area contributed by atoms with Crippen LogP contribution < -0.4 is 9.80 Å². The molecule has 0 amide bonds. The Labute approximate surface area is 221 Å². The van der Waals surface area contributed by atoms with Gasteiger partial charge >= 0.3 is 21.1 Å². The molecule has 188 valence electrons. The standard InChI is InChI=1S/C27H22F4N4.Pt/c1-34(2)20-12-18(32-26(14-20)22-7-5-16(28)9-24(22)30)11-19-13-21(35(3)4)15-27(33-19)23-8-6-17(29)10-25(23)31;/h5-6,9-10,12-15H,11H2,1-4H3;/q-2;+2. The third kappa shape index (κ3) is 6.11. The summed E-state index contributed by atoms with van der Waals surface area (Å²) in [7, 11) is 7.35. The molecule has 2 heterocycles. The van der Waals surface area contributed by atoms with Crippen molar-refractivity contribution in [2.24, 2.45) is 0 Å². The molecule has 4 aromatic rings. The van der Waals surface area contributed by atoms with Gasteiger partial charge in [0.25, 0.3) is 0 Å². The summed E-state index contributed by atoms with van der Waals surface area (Å²) in [5, 5.41) is 0. The molecule has 0 saturated heterocycles. The van der Waals surface area contributed by atoms with Crippen LogP contribution in [0.25, 0.3) is 22.5 Å². The molecule has 0 fully saturated rings. The number of aromatic nitrogens is 2. The molecular formula is C27H22F4N4Pt. The van der Waals surface area contributed by atoms with Gasteiger partial charge in [-0.3, -0.25) is 17.6 Å². The minimum atomic E-state index is -0.767. The van der Waals surface area contributed by atoms with Crippen molar-refractivity contribution in [1.29, 1.82) is 0 Å².